The van der Waals surface area contributed by atoms with Gasteiger partial charge in [0.25, 0.3) is 5.89 Å². The number of carbonyl (C=O) groups excluding carboxylic acids is 1. The molecule has 198 valence electrons. The first-order valence-electron chi connectivity index (χ1n) is 12.0. The maximum Gasteiger partial charge on any atom is 0.257 e. The number of carbonyl (C=O) groups is 1. The van der Waals surface area contributed by atoms with Gasteiger partial charge in [-0.1, -0.05) is 52.6 Å². The number of aromatic nitrogens is 2. The van der Waals surface area contributed by atoms with Crippen molar-refractivity contribution in [1.29, 1.82) is 5.26 Å². The Labute approximate surface area is 237 Å². The molecule has 0 spiro atoms. The van der Waals surface area contributed by atoms with Crippen LogP contribution in [0.15, 0.2) is 65.2 Å². The molecular formula is C28H22Cl2N4O4S. The zero-order chi connectivity index (χ0) is 27.7. The van der Waals surface area contributed by atoms with Gasteiger partial charge in [0.15, 0.2) is 16.9 Å². The van der Waals surface area contributed by atoms with Gasteiger partial charge in [-0.25, -0.2) is 4.21 Å². The van der Waals surface area contributed by atoms with Crippen LogP contribution < -0.4 is 5.32 Å². The lowest BCUT2D eigenvalue weighted by Gasteiger charge is -2.17. The van der Waals surface area contributed by atoms with Crippen LogP contribution in [0.1, 0.15) is 53.1 Å². The standard InChI is InChI=1S/C28H22Cl2N4O4S/c1-16(39(36)37)19-6-2-17(3-7-19)12-24(35)32-21-13-22(29)25(23(30)14-21)28(10-11-28)27-33-26(38-34-27)20-8-4-18(15-31)5-9-20/h2-9,13-14,16H,10-12H2,1H3,(H,32,35)(H,36,37). The van der Waals surface area contributed by atoms with Gasteiger partial charge in [0.1, 0.15) is 0 Å². The summed E-state index contributed by atoms with van der Waals surface area (Å²) in [7, 11) is 0. The Morgan fingerprint density at radius 1 is 1.15 bits per heavy atom. The summed E-state index contributed by atoms with van der Waals surface area (Å²) in [6.45, 7) is 1.66. The van der Waals surface area contributed by atoms with Crippen molar-refractivity contribution in [3.05, 3.63) is 98.8 Å². The third kappa shape index (κ3) is 5.60. The van der Waals surface area contributed by atoms with E-state index in [1.807, 2.05) is 0 Å². The van der Waals surface area contributed by atoms with Crippen LogP contribution in [0, 0.1) is 11.3 Å². The van der Waals surface area contributed by atoms with Crippen LogP contribution >= 0.6 is 23.2 Å². The average Bonchev–Trinajstić information content (AvgIpc) is 3.54. The van der Waals surface area contributed by atoms with Gasteiger partial charge in [0.05, 0.1) is 28.7 Å². The fourth-order valence-electron chi connectivity index (χ4n) is 4.45. The Kier molecular flexibility index (Phi) is 7.56. The molecule has 1 aliphatic rings. The Bertz CT molecular complexity index is 1590. The Hall–Kier alpha value is -3.55. The van der Waals surface area contributed by atoms with Gasteiger partial charge in [-0.3, -0.25) is 4.79 Å². The molecule has 5 rings (SSSR count). The summed E-state index contributed by atoms with van der Waals surface area (Å²) in [6, 6.07) is 19.3. The lowest BCUT2D eigenvalue weighted by molar-refractivity contribution is -0.115. The highest BCUT2D eigenvalue weighted by atomic mass is 35.5. The summed E-state index contributed by atoms with van der Waals surface area (Å²) in [5, 5.41) is 16.3. The van der Waals surface area contributed by atoms with Crippen molar-refractivity contribution in [3.8, 4) is 17.5 Å². The van der Waals surface area contributed by atoms with E-state index in [2.05, 4.69) is 21.5 Å². The van der Waals surface area contributed by atoms with Crippen LogP contribution in [0.5, 0.6) is 0 Å². The molecule has 1 aliphatic carbocycles. The molecule has 8 nitrogen and oxygen atoms in total. The summed E-state index contributed by atoms with van der Waals surface area (Å²) >= 11 is 11.4. The quantitative estimate of drug-likeness (QED) is 0.229. The fraction of sp³-hybridized carbons (Fsp3) is 0.214. The highest BCUT2D eigenvalue weighted by molar-refractivity contribution is 7.79. The summed E-state index contributed by atoms with van der Waals surface area (Å²) in [4.78, 5) is 17.3. The van der Waals surface area contributed by atoms with Gasteiger partial charge in [-0.15, -0.1) is 0 Å². The first-order valence-corrected chi connectivity index (χ1v) is 14.0. The smallest absolute Gasteiger partial charge is 0.257 e. The van der Waals surface area contributed by atoms with Crippen molar-refractivity contribution in [3.63, 3.8) is 0 Å². The molecule has 2 atom stereocenters. The predicted molar refractivity (Wildman–Crippen MR) is 149 cm³/mol. The van der Waals surface area contributed by atoms with Gasteiger partial charge in [0.2, 0.25) is 5.91 Å². The molecule has 11 heteroatoms. The number of benzene rings is 3. The monoisotopic (exact) mass is 580 g/mol. The van der Waals surface area contributed by atoms with Gasteiger partial charge < -0.3 is 14.4 Å². The summed E-state index contributed by atoms with van der Waals surface area (Å²) < 4.78 is 26.0. The maximum atomic E-state index is 12.7. The largest absolute Gasteiger partial charge is 0.334 e. The zero-order valence-corrected chi connectivity index (χ0v) is 23.0. The number of hydrogen-bond acceptors (Lipinski definition) is 6. The molecular weight excluding hydrogens is 559 g/mol. The second-order valence-electron chi connectivity index (χ2n) is 9.39. The van der Waals surface area contributed by atoms with Gasteiger partial charge >= 0.3 is 0 Å². The molecule has 4 aromatic rings. The number of hydrogen-bond donors (Lipinski definition) is 2. The van der Waals surface area contributed by atoms with Crippen LogP contribution in [0.25, 0.3) is 11.5 Å². The van der Waals surface area contributed by atoms with E-state index in [9.17, 15) is 13.6 Å². The van der Waals surface area contributed by atoms with E-state index >= 15 is 0 Å². The first-order chi connectivity index (χ1) is 18.7. The second kappa shape index (κ2) is 10.9. The number of nitriles is 1. The van der Waals surface area contributed by atoms with Gasteiger partial charge in [-0.05, 0) is 67.3 Å². The molecule has 0 radical (unpaired) electrons. The molecule has 1 heterocycles. The van der Waals surface area contributed by atoms with Crippen LogP contribution in [-0.4, -0.2) is 24.8 Å². The molecule has 1 fully saturated rings. The molecule has 0 saturated heterocycles. The lowest BCUT2D eigenvalue weighted by atomic mass is 9.94. The highest BCUT2D eigenvalue weighted by Crippen LogP contribution is 2.57. The SMILES string of the molecule is CC(c1ccc(CC(=O)Nc2cc(Cl)c(C3(c4noc(-c5ccc(C#N)cc5)n4)CC3)c(Cl)c2)cc1)S(=O)O. The van der Waals surface area contributed by atoms with Crippen LogP contribution in [-0.2, 0) is 27.7 Å². The highest BCUT2D eigenvalue weighted by Gasteiger charge is 2.52. The minimum Gasteiger partial charge on any atom is -0.334 e. The third-order valence-corrected chi connectivity index (χ3v) is 8.26. The average molecular weight is 581 g/mol. The van der Waals surface area contributed by atoms with Gasteiger partial charge in [0, 0.05) is 26.9 Å². The van der Waals surface area contributed by atoms with Crippen LogP contribution in [0.2, 0.25) is 10.0 Å². The number of amides is 1. The number of anilines is 1. The normalized spacial score (nSPS) is 15.3. The Balaban J connectivity index is 1.31. The Morgan fingerprint density at radius 2 is 1.79 bits per heavy atom. The van der Waals surface area contributed by atoms with Crippen molar-refractivity contribution >= 4 is 45.9 Å². The molecule has 39 heavy (non-hydrogen) atoms. The Morgan fingerprint density at radius 3 is 2.36 bits per heavy atom. The summed E-state index contributed by atoms with van der Waals surface area (Å²) in [5.74, 6) is 0.557. The summed E-state index contributed by atoms with van der Waals surface area (Å²) in [6.07, 6.45) is 1.59. The van der Waals surface area contributed by atoms with Crippen LogP contribution in [0.4, 0.5) is 5.69 Å². The first kappa shape index (κ1) is 27.0. The second-order valence-corrected chi connectivity index (χ2v) is 11.5. The molecule has 0 aliphatic heterocycles. The molecule has 2 unspecified atom stereocenters. The molecule has 1 saturated carbocycles. The maximum absolute atomic E-state index is 12.7. The van der Waals surface area contributed by atoms with E-state index in [-0.39, 0.29) is 12.3 Å². The lowest BCUT2D eigenvalue weighted by Crippen LogP contribution is -2.16. The number of rotatable bonds is 8. The molecule has 1 amide bonds. The number of nitrogens with zero attached hydrogens (tertiary/aromatic N) is 3. The van der Waals surface area contributed by atoms with E-state index in [0.717, 1.165) is 18.4 Å². The molecule has 0 bridgehead atoms. The molecule has 3 aromatic carbocycles. The van der Waals surface area contributed by atoms with E-state index in [0.29, 0.717) is 49.7 Å². The van der Waals surface area contributed by atoms with Crippen molar-refractivity contribution in [2.45, 2.75) is 36.9 Å². The van der Waals surface area contributed by atoms with E-state index < -0.39 is 21.7 Å². The van der Waals surface area contributed by atoms with Gasteiger partial charge in [-0.2, -0.15) is 10.2 Å². The van der Waals surface area contributed by atoms with Crippen molar-refractivity contribution in [1.82, 2.24) is 10.1 Å². The summed E-state index contributed by atoms with van der Waals surface area (Å²) in [5.41, 5.74) is 3.27. The van der Waals surface area contributed by atoms with Crippen molar-refractivity contribution < 1.29 is 18.1 Å². The topological polar surface area (TPSA) is 129 Å². The van der Waals surface area contributed by atoms with Crippen molar-refractivity contribution in [2.75, 3.05) is 5.32 Å². The van der Waals surface area contributed by atoms with Crippen LogP contribution in [0.3, 0.4) is 0 Å². The zero-order valence-electron chi connectivity index (χ0n) is 20.6. The van der Waals surface area contributed by atoms with E-state index in [1.165, 1.54) is 0 Å². The van der Waals surface area contributed by atoms with Crippen molar-refractivity contribution in [2.24, 2.45) is 0 Å². The minimum atomic E-state index is -1.96. The molecule has 2 N–H and O–H groups in total. The third-order valence-electron chi connectivity index (χ3n) is 6.79. The number of halogens is 2. The predicted octanol–water partition coefficient (Wildman–Crippen LogP) is 6.46. The van der Waals surface area contributed by atoms with E-state index in [4.69, 9.17) is 33.0 Å². The molecule has 1 aromatic heterocycles. The minimum absolute atomic E-state index is 0.110. The number of nitrogens with one attached hydrogen (secondary N) is 1. The fourth-order valence-corrected chi connectivity index (χ4v) is 5.69. The van der Waals surface area contributed by atoms with E-state index in [1.54, 1.807) is 67.6 Å².